The summed E-state index contributed by atoms with van der Waals surface area (Å²) in [4.78, 5) is 11.8. The van der Waals surface area contributed by atoms with Gasteiger partial charge in [-0.25, -0.2) is 0 Å². The standard InChI is InChI=1S/C16H24N2O2/c1-12-6-8-14(9-7-12)18-16(20)11-17-10-13-4-2-3-5-15(13)19/h6-9,13,15,17,19H,2-5,10-11H2,1H3,(H,18,20). The molecule has 0 spiro atoms. The zero-order chi connectivity index (χ0) is 14.4. The highest BCUT2D eigenvalue weighted by Crippen LogP contribution is 2.23. The van der Waals surface area contributed by atoms with Gasteiger partial charge in [-0.3, -0.25) is 4.79 Å². The molecule has 1 aliphatic carbocycles. The number of amides is 1. The number of benzene rings is 1. The van der Waals surface area contributed by atoms with Crippen LogP contribution in [0.2, 0.25) is 0 Å². The first kappa shape index (κ1) is 15.0. The highest BCUT2D eigenvalue weighted by molar-refractivity contribution is 5.92. The molecule has 2 atom stereocenters. The molecular formula is C16H24N2O2. The fraction of sp³-hybridized carbons (Fsp3) is 0.562. The van der Waals surface area contributed by atoms with Gasteiger partial charge in [0.1, 0.15) is 0 Å². The summed E-state index contributed by atoms with van der Waals surface area (Å²) >= 11 is 0. The van der Waals surface area contributed by atoms with Gasteiger partial charge < -0.3 is 15.7 Å². The van der Waals surface area contributed by atoms with E-state index >= 15 is 0 Å². The van der Waals surface area contributed by atoms with Crippen LogP contribution in [0.5, 0.6) is 0 Å². The van der Waals surface area contributed by atoms with E-state index in [-0.39, 0.29) is 24.5 Å². The summed E-state index contributed by atoms with van der Waals surface area (Å²) < 4.78 is 0. The molecule has 0 aromatic heterocycles. The van der Waals surface area contributed by atoms with Gasteiger partial charge in [0.15, 0.2) is 0 Å². The van der Waals surface area contributed by atoms with Gasteiger partial charge in [0.2, 0.25) is 5.91 Å². The van der Waals surface area contributed by atoms with E-state index in [9.17, 15) is 9.90 Å². The monoisotopic (exact) mass is 276 g/mol. The number of carbonyl (C=O) groups excluding carboxylic acids is 1. The smallest absolute Gasteiger partial charge is 0.238 e. The van der Waals surface area contributed by atoms with Crippen LogP contribution in [0.4, 0.5) is 5.69 Å². The SMILES string of the molecule is Cc1ccc(NC(=O)CNCC2CCCCC2O)cc1. The number of aliphatic hydroxyl groups is 1. The van der Waals surface area contributed by atoms with Crippen molar-refractivity contribution in [2.45, 2.75) is 38.7 Å². The average Bonchev–Trinajstić information content (AvgIpc) is 2.43. The number of aliphatic hydroxyl groups excluding tert-OH is 1. The zero-order valence-electron chi connectivity index (χ0n) is 12.1. The topological polar surface area (TPSA) is 61.4 Å². The Morgan fingerprint density at radius 2 is 1.95 bits per heavy atom. The fourth-order valence-electron chi connectivity index (χ4n) is 2.64. The molecule has 4 heteroatoms. The third-order valence-corrected chi connectivity index (χ3v) is 3.90. The van der Waals surface area contributed by atoms with Crippen molar-refractivity contribution in [3.63, 3.8) is 0 Å². The molecule has 20 heavy (non-hydrogen) atoms. The number of carbonyl (C=O) groups is 1. The van der Waals surface area contributed by atoms with Gasteiger partial charge in [-0.05, 0) is 37.8 Å². The number of hydrogen-bond acceptors (Lipinski definition) is 3. The van der Waals surface area contributed by atoms with Crippen molar-refractivity contribution in [2.75, 3.05) is 18.4 Å². The highest BCUT2D eigenvalue weighted by Gasteiger charge is 2.22. The van der Waals surface area contributed by atoms with Gasteiger partial charge >= 0.3 is 0 Å². The summed E-state index contributed by atoms with van der Waals surface area (Å²) in [5.41, 5.74) is 1.99. The summed E-state index contributed by atoms with van der Waals surface area (Å²) in [5.74, 6) is 0.245. The van der Waals surface area contributed by atoms with Crippen LogP contribution in [0, 0.1) is 12.8 Å². The van der Waals surface area contributed by atoms with Crippen molar-refractivity contribution in [3.8, 4) is 0 Å². The van der Waals surface area contributed by atoms with Crippen LogP contribution in [-0.2, 0) is 4.79 Å². The molecule has 4 nitrogen and oxygen atoms in total. The molecule has 1 amide bonds. The third kappa shape index (κ3) is 4.62. The minimum Gasteiger partial charge on any atom is -0.393 e. The molecule has 0 bridgehead atoms. The van der Waals surface area contributed by atoms with E-state index in [2.05, 4.69) is 10.6 Å². The van der Waals surface area contributed by atoms with Crippen molar-refractivity contribution in [1.82, 2.24) is 5.32 Å². The fourth-order valence-corrected chi connectivity index (χ4v) is 2.64. The number of anilines is 1. The quantitative estimate of drug-likeness (QED) is 0.771. The molecule has 2 unspecified atom stereocenters. The second-order valence-corrected chi connectivity index (χ2v) is 5.66. The maximum atomic E-state index is 11.8. The van der Waals surface area contributed by atoms with E-state index in [0.29, 0.717) is 6.54 Å². The van der Waals surface area contributed by atoms with Crippen LogP contribution in [0.25, 0.3) is 0 Å². The van der Waals surface area contributed by atoms with E-state index in [0.717, 1.165) is 24.9 Å². The molecule has 2 rings (SSSR count). The van der Waals surface area contributed by atoms with E-state index < -0.39 is 0 Å². The Hall–Kier alpha value is -1.39. The second-order valence-electron chi connectivity index (χ2n) is 5.66. The van der Waals surface area contributed by atoms with Crippen molar-refractivity contribution in [1.29, 1.82) is 0 Å². The largest absolute Gasteiger partial charge is 0.393 e. The third-order valence-electron chi connectivity index (χ3n) is 3.90. The first-order valence-electron chi connectivity index (χ1n) is 7.40. The Morgan fingerprint density at radius 3 is 2.65 bits per heavy atom. The van der Waals surface area contributed by atoms with Crippen molar-refractivity contribution in [3.05, 3.63) is 29.8 Å². The maximum Gasteiger partial charge on any atom is 0.238 e. The Labute approximate surface area is 120 Å². The van der Waals surface area contributed by atoms with Gasteiger partial charge in [-0.15, -0.1) is 0 Å². The van der Waals surface area contributed by atoms with Crippen molar-refractivity contribution >= 4 is 11.6 Å². The van der Waals surface area contributed by atoms with E-state index in [1.54, 1.807) is 0 Å². The summed E-state index contributed by atoms with van der Waals surface area (Å²) in [7, 11) is 0. The van der Waals surface area contributed by atoms with E-state index in [1.165, 1.54) is 12.0 Å². The van der Waals surface area contributed by atoms with Gasteiger partial charge in [-0.2, -0.15) is 0 Å². The van der Waals surface area contributed by atoms with Crippen LogP contribution in [-0.4, -0.2) is 30.2 Å². The van der Waals surface area contributed by atoms with E-state index in [4.69, 9.17) is 0 Å². The molecule has 1 aromatic carbocycles. The van der Waals surface area contributed by atoms with E-state index in [1.807, 2.05) is 31.2 Å². The summed E-state index contributed by atoms with van der Waals surface area (Å²) in [6.45, 7) is 3.02. The van der Waals surface area contributed by atoms with Crippen molar-refractivity contribution in [2.24, 2.45) is 5.92 Å². The predicted molar refractivity (Wildman–Crippen MR) is 80.6 cm³/mol. The summed E-state index contributed by atoms with van der Waals surface area (Å²) in [6.07, 6.45) is 4.02. The first-order valence-corrected chi connectivity index (χ1v) is 7.40. The van der Waals surface area contributed by atoms with Crippen LogP contribution >= 0.6 is 0 Å². The molecule has 0 aliphatic heterocycles. The van der Waals surface area contributed by atoms with Crippen LogP contribution in [0.15, 0.2) is 24.3 Å². The lowest BCUT2D eigenvalue weighted by atomic mass is 9.86. The van der Waals surface area contributed by atoms with Crippen LogP contribution in [0.1, 0.15) is 31.2 Å². The number of hydrogen-bond donors (Lipinski definition) is 3. The average molecular weight is 276 g/mol. The molecule has 1 aromatic rings. The molecule has 110 valence electrons. The lowest BCUT2D eigenvalue weighted by molar-refractivity contribution is -0.115. The lowest BCUT2D eigenvalue weighted by Crippen LogP contribution is -2.37. The summed E-state index contributed by atoms with van der Waals surface area (Å²) in [6, 6.07) is 7.75. The Bertz CT molecular complexity index is 431. The van der Waals surface area contributed by atoms with Gasteiger partial charge in [-0.1, -0.05) is 30.5 Å². The van der Waals surface area contributed by atoms with Crippen molar-refractivity contribution < 1.29 is 9.90 Å². The first-order chi connectivity index (χ1) is 9.65. The normalized spacial score (nSPS) is 22.5. The lowest BCUT2D eigenvalue weighted by Gasteiger charge is -2.27. The highest BCUT2D eigenvalue weighted by atomic mass is 16.3. The Balaban J connectivity index is 1.68. The Kier molecular flexibility index (Phi) is 5.56. The molecular weight excluding hydrogens is 252 g/mol. The van der Waals surface area contributed by atoms with Crippen LogP contribution < -0.4 is 10.6 Å². The molecule has 3 N–H and O–H groups in total. The van der Waals surface area contributed by atoms with Crippen LogP contribution in [0.3, 0.4) is 0 Å². The minimum absolute atomic E-state index is 0.0425. The van der Waals surface area contributed by atoms with Gasteiger partial charge in [0.05, 0.1) is 12.6 Å². The molecule has 0 saturated heterocycles. The van der Waals surface area contributed by atoms with Gasteiger partial charge in [0, 0.05) is 12.2 Å². The molecule has 0 radical (unpaired) electrons. The molecule has 1 aliphatic rings. The summed E-state index contributed by atoms with van der Waals surface area (Å²) in [5, 5.41) is 15.9. The Morgan fingerprint density at radius 1 is 1.25 bits per heavy atom. The number of rotatable bonds is 5. The van der Waals surface area contributed by atoms with Gasteiger partial charge in [0.25, 0.3) is 0 Å². The molecule has 0 heterocycles. The molecule has 1 fully saturated rings. The minimum atomic E-state index is -0.212. The number of nitrogens with one attached hydrogen (secondary N) is 2. The predicted octanol–water partition coefficient (Wildman–Crippen LogP) is 2.07. The zero-order valence-corrected chi connectivity index (χ0v) is 12.1. The number of aryl methyl sites for hydroxylation is 1. The maximum absolute atomic E-state index is 11.8. The molecule has 1 saturated carbocycles. The second kappa shape index (κ2) is 7.41.